The number of nitrogens with one attached hydrogen (secondary N) is 2. The quantitative estimate of drug-likeness (QED) is 0.829. The van der Waals surface area contributed by atoms with E-state index in [1.807, 2.05) is 12.1 Å². The minimum absolute atomic E-state index is 0.00557. The van der Waals surface area contributed by atoms with Crippen LogP contribution in [0, 0.1) is 0 Å². The lowest BCUT2D eigenvalue weighted by Gasteiger charge is -2.10. The maximum absolute atomic E-state index is 11.8. The van der Waals surface area contributed by atoms with Crippen molar-refractivity contribution in [2.45, 2.75) is 24.1 Å². The van der Waals surface area contributed by atoms with Gasteiger partial charge in [-0.1, -0.05) is 23.4 Å². The van der Waals surface area contributed by atoms with Crippen molar-refractivity contribution in [1.29, 1.82) is 0 Å². The first-order valence-electron chi connectivity index (χ1n) is 6.87. The number of fused-ring (bicyclic) bond motifs is 1. The predicted molar refractivity (Wildman–Crippen MR) is 83.8 cm³/mol. The minimum Gasteiger partial charge on any atom is -0.376 e. The number of hydrogen-bond acceptors (Lipinski definition) is 4. The fourth-order valence-electron chi connectivity index (χ4n) is 2.24. The van der Waals surface area contributed by atoms with Gasteiger partial charge in [-0.05, 0) is 31.0 Å². The molecule has 1 aliphatic heterocycles. The number of ether oxygens (including phenoxy) is 1. The van der Waals surface area contributed by atoms with E-state index >= 15 is 0 Å². The molecule has 1 amide bonds. The van der Waals surface area contributed by atoms with Crippen LogP contribution in [0.25, 0.3) is 11.0 Å². The highest BCUT2D eigenvalue weighted by Crippen LogP contribution is 2.22. The summed E-state index contributed by atoms with van der Waals surface area (Å²) in [5.74, 6) is 0.328. The van der Waals surface area contributed by atoms with Gasteiger partial charge in [0.2, 0.25) is 5.91 Å². The third kappa shape index (κ3) is 3.90. The van der Waals surface area contributed by atoms with E-state index in [0.717, 1.165) is 35.6 Å². The molecular formula is C14H16ClN3O2S. The van der Waals surface area contributed by atoms with Crippen molar-refractivity contribution >= 4 is 40.3 Å². The standard InChI is InChI=1S/C14H16ClN3O2S/c15-9-3-4-11-12(6-9)18-14(17-11)21-8-13(19)16-7-10-2-1-5-20-10/h3-4,6,10H,1-2,5,7-8H2,(H,16,19)(H,17,18)/t10-/m1/s1. The zero-order valence-corrected chi connectivity index (χ0v) is 13.0. The average molecular weight is 326 g/mol. The smallest absolute Gasteiger partial charge is 0.230 e. The number of nitrogens with zero attached hydrogens (tertiary/aromatic N) is 1. The fourth-order valence-corrected chi connectivity index (χ4v) is 3.13. The molecule has 1 aromatic carbocycles. The summed E-state index contributed by atoms with van der Waals surface area (Å²) in [6.45, 7) is 1.39. The van der Waals surface area contributed by atoms with Gasteiger partial charge in [0.1, 0.15) is 0 Å². The Bertz CT molecular complexity index is 640. The molecule has 1 aliphatic rings. The summed E-state index contributed by atoms with van der Waals surface area (Å²) in [5.41, 5.74) is 1.73. The molecule has 3 rings (SSSR count). The number of aromatic nitrogens is 2. The van der Waals surface area contributed by atoms with Crippen LogP contribution in [0.3, 0.4) is 0 Å². The minimum atomic E-state index is -0.00557. The molecule has 2 aromatic rings. The predicted octanol–water partition coefficient (Wildman–Crippen LogP) is 2.60. The van der Waals surface area contributed by atoms with Gasteiger partial charge in [0, 0.05) is 18.2 Å². The number of amides is 1. The topological polar surface area (TPSA) is 67.0 Å². The number of imidazole rings is 1. The van der Waals surface area contributed by atoms with Crippen molar-refractivity contribution < 1.29 is 9.53 Å². The summed E-state index contributed by atoms with van der Waals surface area (Å²) in [4.78, 5) is 19.4. The van der Waals surface area contributed by atoms with Crippen LogP contribution < -0.4 is 5.32 Å². The lowest BCUT2D eigenvalue weighted by Crippen LogP contribution is -2.32. The molecule has 0 bridgehead atoms. The zero-order valence-electron chi connectivity index (χ0n) is 11.4. The van der Waals surface area contributed by atoms with Crippen LogP contribution in [0.5, 0.6) is 0 Å². The van der Waals surface area contributed by atoms with E-state index < -0.39 is 0 Å². The van der Waals surface area contributed by atoms with E-state index in [9.17, 15) is 4.79 Å². The van der Waals surface area contributed by atoms with Gasteiger partial charge in [-0.3, -0.25) is 4.79 Å². The Balaban J connectivity index is 1.49. The van der Waals surface area contributed by atoms with Crippen LogP contribution in [0.2, 0.25) is 5.02 Å². The molecule has 2 N–H and O–H groups in total. The van der Waals surface area contributed by atoms with E-state index in [-0.39, 0.29) is 12.0 Å². The van der Waals surface area contributed by atoms with Gasteiger partial charge in [-0.25, -0.2) is 4.98 Å². The Morgan fingerprint density at radius 2 is 2.48 bits per heavy atom. The van der Waals surface area contributed by atoms with Gasteiger partial charge in [0.15, 0.2) is 5.16 Å². The van der Waals surface area contributed by atoms with Gasteiger partial charge in [0.25, 0.3) is 0 Å². The number of hydrogen-bond donors (Lipinski definition) is 2. The molecule has 2 heterocycles. The second-order valence-corrected chi connectivity index (χ2v) is 6.33. The van der Waals surface area contributed by atoms with Gasteiger partial charge in [0.05, 0.1) is 22.9 Å². The Hall–Kier alpha value is -1.24. The number of carbonyl (C=O) groups excluding carboxylic acids is 1. The van der Waals surface area contributed by atoms with Gasteiger partial charge in [-0.2, -0.15) is 0 Å². The van der Waals surface area contributed by atoms with E-state index in [2.05, 4.69) is 15.3 Å². The highest BCUT2D eigenvalue weighted by molar-refractivity contribution is 7.99. The number of H-pyrrole nitrogens is 1. The van der Waals surface area contributed by atoms with Gasteiger partial charge >= 0.3 is 0 Å². The van der Waals surface area contributed by atoms with E-state index in [4.69, 9.17) is 16.3 Å². The molecule has 0 saturated carbocycles. The number of rotatable bonds is 5. The summed E-state index contributed by atoms with van der Waals surface area (Å²) >= 11 is 7.31. The molecule has 0 aliphatic carbocycles. The van der Waals surface area contributed by atoms with E-state index in [0.29, 0.717) is 17.3 Å². The van der Waals surface area contributed by atoms with Crippen LogP contribution in [-0.2, 0) is 9.53 Å². The van der Waals surface area contributed by atoms with Gasteiger partial charge in [-0.15, -0.1) is 0 Å². The average Bonchev–Trinajstić information content (AvgIpc) is 3.11. The Morgan fingerprint density at radius 1 is 1.57 bits per heavy atom. The van der Waals surface area contributed by atoms with Crippen molar-refractivity contribution in [2.24, 2.45) is 0 Å². The maximum atomic E-state index is 11.8. The lowest BCUT2D eigenvalue weighted by molar-refractivity contribution is -0.119. The Kier molecular flexibility index (Phi) is 4.67. The van der Waals surface area contributed by atoms with Crippen molar-refractivity contribution in [3.63, 3.8) is 0 Å². The first-order valence-corrected chi connectivity index (χ1v) is 8.23. The number of carbonyl (C=O) groups is 1. The number of aromatic amines is 1. The largest absolute Gasteiger partial charge is 0.376 e. The Labute approximate surface area is 131 Å². The van der Waals surface area contributed by atoms with Crippen molar-refractivity contribution in [2.75, 3.05) is 18.9 Å². The fraction of sp³-hybridized carbons (Fsp3) is 0.429. The molecule has 112 valence electrons. The van der Waals surface area contributed by atoms with Crippen LogP contribution in [0.15, 0.2) is 23.4 Å². The van der Waals surface area contributed by atoms with E-state index in [1.54, 1.807) is 6.07 Å². The second kappa shape index (κ2) is 6.68. The first kappa shape index (κ1) is 14.7. The second-order valence-electron chi connectivity index (χ2n) is 4.93. The molecule has 0 spiro atoms. The summed E-state index contributed by atoms with van der Waals surface area (Å²) in [6, 6.07) is 5.48. The highest BCUT2D eigenvalue weighted by Gasteiger charge is 2.16. The number of thioether (sulfide) groups is 1. The molecular weight excluding hydrogens is 310 g/mol. The maximum Gasteiger partial charge on any atom is 0.230 e. The van der Waals surface area contributed by atoms with Crippen LogP contribution in [0.4, 0.5) is 0 Å². The number of benzene rings is 1. The molecule has 1 saturated heterocycles. The van der Waals surface area contributed by atoms with Crippen molar-refractivity contribution in [1.82, 2.24) is 15.3 Å². The monoisotopic (exact) mass is 325 g/mol. The third-order valence-corrected chi connectivity index (χ3v) is 4.42. The molecule has 0 unspecified atom stereocenters. The van der Waals surface area contributed by atoms with Crippen LogP contribution in [0.1, 0.15) is 12.8 Å². The summed E-state index contributed by atoms with van der Waals surface area (Å²) in [5, 5.41) is 4.28. The molecule has 1 aromatic heterocycles. The molecule has 5 nitrogen and oxygen atoms in total. The molecule has 1 fully saturated rings. The van der Waals surface area contributed by atoms with Crippen LogP contribution in [-0.4, -0.2) is 40.9 Å². The van der Waals surface area contributed by atoms with Crippen molar-refractivity contribution in [3.05, 3.63) is 23.2 Å². The summed E-state index contributed by atoms with van der Waals surface area (Å²) < 4.78 is 5.46. The summed E-state index contributed by atoms with van der Waals surface area (Å²) in [7, 11) is 0. The first-order chi connectivity index (χ1) is 10.2. The Morgan fingerprint density at radius 3 is 3.29 bits per heavy atom. The van der Waals surface area contributed by atoms with Crippen molar-refractivity contribution in [3.8, 4) is 0 Å². The lowest BCUT2D eigenvalue weighted by atomic mass is 10.2. The zero-order chi connectivity index (χ0) is 14.7. The van der Waals surface area contributed by atoms with Gasteiger partial charge < -0.3 is 15.0 Å². The SMILES string of the molecule is O=C(CSc1nc2ccc(Cl)cc2[nH]1)NC[C@H]1CCCO1. The molecule has 21 heavy (non-hydrogen) atoms. The molecule has 1 atom stereocenters. The highest BCUT2D eigenvalue weighted by atomic mass is 35.5. The normalized spacial score (nSPS) is 18.2. The summed E-state index contributed by atoms with van der Waals surface area (Å²) in [6.07, 6.45) is 2.28. The molecule has 7 heteroatoms. The van der Waals surface area contributed by atoms with Crippen LogP contribution >= 0.6 is 23.4 Å². The molecule has 0 radical (unpaired) electrons. The van der Waals surface area contributed by atoms with E-state index in [1.165, 1.54) is 11.8 Å². The number of halogens is 1. The third-order valence-electron chi connectivity index (χ3n) is 3.31.